The molecule has 1 amide bonds. The minimum absolute atomic E-state index is 0.222. The average molecular weight is 366 g/mol. The topological polar surface area (TPSA) is 46.8 Å². The molecule has 2 aromatic rings. The van der Waals surface area contributed by atoms with Gasteiger partial charge in [0.05, 0.1) is 6.20 Å². The van der Waals surface area contributed by atoms with Gasteiger partial charge in [-0.25, -0.2) is 9.78 Å². The van der Waals surface area contributed by atoms with Gasteiger partial charge in [0, 0.05) is 25.2 Å². The second-order valence-corrected chi connectivity index (χ2v) is 7.50. The predicted molar refractivity (Wildman–Crippen MR) is 88.1 cm³/mol. The summed E-state index contributed by atoms with van der Waals surface area (Å²) in [6, 6.07) is 4.11. The Morgan fingerprint density at radius 1 is 1.41 bits per heavy atom. The first-order valence-corrected chi connectivity index (χ1v) is 8.23. The Kier molecular flexibility index (Phi) is 3.89. The molecule has 0 N–H and O–H groups in total. The van der Waals surface area contributed by atoms with Gasteiger partial charge >= 0.3 is 6.09 Å². The molecule has 22 heavy (non-hydrogen) atoms. The zero-order valence-electron chi connectivity index (χ0n) is 13.0. The van der Waals surface area contributed by atoms with E-state index in [1.165, 1.54) is 5.56 Å². The third-order valence-corrected chi connectivity index (χ3v) is 4.38. The van der Waals surface area contributed by atoms with Crippen molar-refractivity contribution in [2.75, 3.05) is 13.1 Å². The van der Waals surface area contributed by atoms with E-state index in [4.69, 9.17) is 4.74 Å². The summed E-state index contributed by atoms with van der Waals surface area (Å²) in [5, 5.41) is 0. The largest absolute Gasteiger partial charge is 0.444 e. The van der Waals surface area contributed by atoms with E-state index in [-0.39, 0.29) is 6.09 Å². The molecule has 1 aliphatic heterocycles. The van der Waals surface area contributed by atoms with Crippen molar-refractivity contribution in [3.8, 4) is 0 Å². The van der Waals surface area contributed by atoms with Crippen LogP contribution in [0.1, 0.15) is 38.7 Å². The molecule has 0 bridgehead atoms. The van der Waals surface area contributed by atoms with Crippen LogP contribution in [0.2, 0.25) is 0 Å². The normalized spacial score (nSPS) is 18.9. The number of rotatable bonds is 1. The number of imidazole rings is 1. The number of hydrogen-bond donors (Lipinski definition) is 0. The molecule has 0 radical (unpaired) electrons. The van der Waals surface area contributed by atoms with Gasteiger partial charge in [-0.15, -0.1) is 0 Å². The maximum absolute atomic E-state index is 12.1. The van der Waals surface area contributed by atoms with Gasteiger partial charge in [-0.3, -0.25) is 4.40 Å². The fraction of sp³-hybridized carbons (Fsp3) is 0.500. The zero-order chi connectivity index (χ0) is 15.9. The first-order chi connectivity index (χ1) is 10.3. The van der Waals surface area contributed by atoms with Gasteiger partial charge in [-0.05, 0) is 54.8 Å². The number of nitrogens with zero attached hydrogens (tertiary/aromatic N) is 3. The van der Waals surface area contributed by atoms with Crippen molar-refractivity contribution in [3.05, 3.63) is 34.7 Å². The van der Waals surface area contributed by atoms with E-state index in [1.54, 1.807) is 11.1 Å². The molecule has 0 aliphatic carbocycles. The number of carbonyl (C=O) groups excluding carboxylic acids is 1. The molecular formula is C16H20BrN3O2. The number of hydrogen-bond acceptors (Lipinski definition) is 3. The van der Waals surface area contributed by atoms with E-state index in [1.807, 2.05) is 31.2 Å². The van der Waals surface area contributed by atoms with Crippen molar-refractivity contribution in [2.45, 2.75) is 38.7 Å². The lowest BCUT2D eigenvalue weighted by atomic mass is 10.0. The lowest BCUT2D eigenvalue weighted by molar-refractivity contribution is 0.0292. The van der Waals surface area contributed by atoms with Crippen LogP contribution in [0.3, 0.4) is 0 Å². The summed E-state index contributed by atoms with van der Waals surface area (Å²) in [7, 11) is 0. The molecule has 1 aliphatic rings. The van der Waals surface area contributed by atoms with Crippen LogP contribution in [0.25, 0.3) is 5.65 Å². The monoisotopic (exact) mass is 365 g/mol. The Hall–Kier alpha value is -1.56. The number of halogens is 1. The summed E-state index contributed by atoms with van der Waals surface area (Å²) in [6.45, 7) is 7.12. The molecular weight excluding hydrogens is 346 g/mol. The minimum Gasteiger partial charge on any atom is -0.444 e. The lowest BCUT2D eigenvalue weighted by Crippen LogP contribution is -2.35. The Bertz CT molecular complexity index is 705. The zero-order valence-corrected chi connectivity index (χ0v) is 14.6. The molecule has 5 nitrogen and oxygen atoms in total. The standard InChI is InChI=1S/C16H20BrN3O2/c1-16(2,3)22-15(21)19-7-6-12(9-19)11-4-5-14-18-8-13(17)20(14)10-11/h4-5,8,10,12H,6-7,9H2,1-3H3/t12-/m0/s1. The summed E-state index contributed by atoms with van der Waals surface area (Å²) in [6.07, 6.45) is 4.62. The number of pyridine rings is 1. The summed E-state index contributed by atoms with van der Waals surface area (Å²) < 4.78 is 8.40. The number of carbonyl (C=O) groups is 1. The highest BCUT2D eigenvalue weighted by atomic mass is 79.9. The average Bonchev–Trinajstić information content (AvgIpc) is 3.04. The number of aromatic nitrogens is 2. The van der Waals surface area contributed by atoms with Crippen LogP contribution < -0.4 is 0 Å². The first kappa shape index (κ1) is 15.3. The second-order valence-electron chi connectivity index (χ2n) is 6.68. The van der Waals surface area contributed by atoms with Gasteiger partial charge in [0.2, 0.25) is 0 Å². The van der Waals surface area contributed by atoms with Crippen molar-refractivity contribution >= 4 is 27.7 Å². The molecule has 118 valence electrons. The van der Waals surface area contributed by atoms with Crippen molar-refractivity contribution < 1.29 is 9.53 Å². The third-order valence-electron chi connectivity index (χ3n) is 3.79. The highest BCUT2D eigenvalue weighted by molar-refractivity contribution is 9.10. The fourth-order valence-corrected chi connectivity index (χ4v) is 3.12. The van der Waals surface area contributed by atoms with Crippen LogP contribution in [0.15, 0.2) is 29.1 Å². The highest BCUT2D eigenvalue weighted by Gasteiger charge is 2.30. The van der Waals surface area contributed by atoms with Crippen molar-refractivity contribution in [1.82, 2.24) is 14.3 Å². The Balaban J connectivity index is 1.73. The second kappa shape index (κ2) is 5.57. The number of likely N-dealkylation sites (tertiary alicyclic amines) is 1. The maximum Gasteiger partial charge on any atom is 0.410 e. The molecule has 0 spiro atoms. The predicted octanol–water partition coefficient (Wildman–Crippen LogP) is 3.82. The SMILES string of the molecule is CC(C)(C)OC(=O)N1CC[C@H](c2ccc3ncc(Br)n3c2)C1. The van der Waals surface area contributed by atoms with Crippen LogP contribution in [-0.4, -0.2) is 39.1 Å². The fourth-order valence-electron chi connectivity index (χ4n) is 2.73. The van der Waals surface area contributed by atoms with E-state index < -0.39 is 5.60 Å². The molecule has 6 heteroatoms. The Morgan fingerprint density at radius 3 is 2.91 bits per heavy atom. The number of ether oxygens (including phenoxy) is 1. The smallest absolute Gasteiger partial charge is 0.410 e. The summed E-state index contributed by atoms with van der Waals surface area (Å²) >= 11 is 3.49. The maximum atomic E-state index is 12.1. The van der Waals surface area contributed by atoms with E-state index >= 15 is 0 Å². The van der Waals surface area contributed by atoms with Crippen LogP contribution >= 0.6 is 15.9 Å². The van der Waals surface area contributed by atoms with E-state index in [2.05, 4.69) is 33.2 Å². The summed E-state index contributed by atoms with van der Waals surface area (Å²) in [4.78, 5) is 18.2. The van der Waals surface area contributed by atoms with Crippen LogP contribution in [-0.2, 0) is 4.74 Å². The van der Waals surface area contributed by atoms with E-state index in [0.717, 1.165) is 23.2 Å². The molecule has 0 saturated carbocycles. The Morgan fingerprint density at radius 2 is 2.18 bits per heavy atom. The molecule has 1 atom stereocenters. The van der Waals surface area contributed by atoms with Crippen LogP contribution in [0.4, 0.5) is 4.79 Å². The Labute approximate surface area is 138 Å². The molecule has 1 saturated heterocycles. The summed E-state index contributed by atoms with van der Waals surface area (Å²) in [5.74, 6) is 0.339. The quantitative estimate of drug-likeness (QED) is 0.771. The first-order valence-electron chi connectivity index (χ1n) is 7.44. The molecule has 0 unspecified atom stereocenters. The number of amides is 1. The van der Waals surface area contributed by atoms with Crippen LogP contribution in [0.5, 0.6) is 0 Å². The van der Waals surface area contributed by atoms with Gasteiger partial charge < -0.3 is 9.64 Å². The van der Waals surface area contributed by atoms with Gasteiger partial charge in [-0.1, -0.05) is 6.07 Å². The van der Waals surface area contributed by atoms with E-state index in [0.29, 0.717) is 12.5 Å². The molecule has 3 rings (SSSR count). The van der Waals surface area contributed by atoms with Crippen molar-refractivity contribution in [3.63, 3.8) is 0 Å². The molecule has 2 aromatic heterocycles. The lowest BCUT2D eigenvalue weighted by Gasteiger charge is -2.24. The number of fused-ring (bicyclic) bond motifs is 1. The molecule has 0 aromatic carbocycles. The van der Waals surface area contributed by atoms with Crippen molar-refractivity contribution in [1.29, 1.82) is 0 Å². The van der Waals surface area contributed by atoms with Gasteiger partial charge in [0.15, 0.2) is 0 Å². The van der Waals surface area contributed by atoms with Gasteiger partial charge in [0.25, 0.3) is 0 Å². The minimum atomic E-state index is -0.449. The molecule has 1 fully saturated rings. The van der Waals surface area contributed by atoms with Gasteiger partial charge in [0.1, 0.15) is 15.9 Å². The van der Waals surface area contributed by atoms with Gasteiger partial charge in [-0.2, -0.15) is 0 Å². The van der Waals surface area contributed by atoms with Crippen molar-refractivity contribution in [2.24, 2.45) is 0 Å². The van der Waals surface area contributed by atoms with Crippen LogP contribution in [0, 0.1) is 0 Å². The molecule has 3 heterocycles. The van der Waals surface area contributed by atoms with E-state index in [9.17, 15) is 4.79 Å². The highest BCUT2D eigenvalue weighted by Crippen LogP contribution is 2.29. The third kappa shape index (κ3) is 3.11. The summed E-state index contributed by atoms with van der Waals surface area (Å²) in [5.41, 5.74) is 1.69.